The Labute approximate surface area is 162 Å². The summed E-state index contributed by atoms with van der Waals surface area (Å²) in [5.41, 5.74) is 0.718. The third-order valence-electron chi connectivity index (χ3n) is 5.42. The van der Waals surface area contributed by atoms with E-state index in [1.54, 1.807) is 0 Å². The minimum atomic E-state index is -4.35. The average Bonchev–Trinajstić information content (AvgIpc) is 3.17. The van der Waals surface area contributed by atoms with Crippen LogP contribution in [0.3, 0.4) is 0 Å². The maximum Gasteiger partial charge on any atom is 0.416 e. The van der Waals surface area contributed by atoms with Crippen molar-refractivity contribution in [1.82, 2.24) is 9.88 Å². The van der Waals surface area contributed by atoms with Crippen LogP contribution in [-0.4, -0.2) is 35.7 Å². The van der Waals surface area contributed by atoms with E-state index in [0.717, 1.165) is 56.3 Å². The molecule has 7 heteroatoms. The van der Waals surface area contributed by atoms with Gasteiger partial charge in [-0.05, 0) is 62.8 Å². The van der Waals surface area contributed by atoms with Gasteiger partial charge in [-0.15, -0.1) is 0 Å². The largest absolute Gasteiger partial charge is 0.441 e. The van der Waals surface area contributed by atoms with Crippen molar-refractivity contribution in [2.75, 3.05) is 19.7 Å². The van der Waals surface area contributed by atoms with Gasteiger partial charge in [0.2, 0.25) is 5.89 Å². The van der Waals surface area contributed by atoms with E-state index in [0.29, 0.717) is 23.8 Å². The quantitative estimate of drug-likeness (QED) is 0.658. The minimum Gasteiger partial charge on any atom is -0.441 e. The van der Waals surface area contributed by atoms with Crippen molar-refractivity contribution < 1.29 is 22.3 Å². The van der Waals surface area contributed by atoms with Crippen LogP contribution in [0, 0.1) is 12.8 Å². The van der Waals surface area contributed by atoms with E-state index in [-0.39, 0.29) is 6.10 Å². The second kappa shape index (κ2) is 7.87. The Kier molecular flexibility index (Phi) is 5.47. The maximum atomic E-state index is 12.8. The van der Waals surface area contributed by atoms with E-state index < -0.39 is 11.7 Å². The highest BCUT2D eigenvalue weighted by Crippen LogP contribution is 2.33. The SMILES string of the molecule is Cc1oc(-c2ccc(C(F)(F)F)cc2)nc1CN(CC1CC1)CC1CCCO1. The average molecular weight is 394 g/mol. The number of halogens is 3. The molecule has 0 N–H and O–H groups in total. The van der Waals surface area contributed by atoms with Crippen molar-refractivity contribution in [3.63, 3.8) is 0 Å². The number of nitrogens with zero attached hydrogens (tertiary/aromatic N) is 2. The number of hydrogen-bond donors (Lipinski definition) is 0. The molecule has 152 valence electrons. The first-order chi connectivity index (χ1) is 13.4. The van der Waals surface area contributed by atoms with Crippen molar-refractivity contribution in [2.24, 2.45) is 5.92 Å². The van der Waals surface area contributed by atoms with Crippen LogP contribution in [0.25, 0.3) is 11.5 Å². The number of alkyl halides is 3. The van der Waals surface area contributed by atoms with Crippen LogP contribution in [0.1, 0.15) is 42.7 Å². The fourth-order valence-corrected chi connectivity index (χ4v) is 3.66. The van der Waals surface area contributed by atoms with Gasteiger partial charge in [-0.2, -0.15) is 13.2 Å². The van der Waals surface area contributed by atoms with Gasteiger partial charge in [0.15, 0.2) is 0 Å². The Bertz CT molecular complexity index is 791. The van der Waals surface area contributed by atoms with E-state index in [4.69, 9.17) is 9.15 Å². The molecule has 2 aromatic rings. The summed E-state index contributed by atoms with van der Waals surface area (Å²) in [6.45, 7) is 5.28. The monoisotopic (exact) mass is 394 g/mol. The number of hydrogen-bond acceptors (Lipinski definition) is 4. The fourth-order valence-electron chi connectivity index (χ4n) is 3.66. The number of oxazole rings is 1. The molecule has 28 heavy (non-hydrogen) atoms. The fraction of sp³-hybridized carbons (Fsp3) is 0.571. The molecule has 1 saturated heterocycles. The topological polar surface area (TPSA) is 38.5 Å². The normalized spacial score (nSPS) is 20.2. The summed E-state index contributed by atoms with van der Waals surface area (Å²) in [7, 11) is 0. The van der Waals surface area contributed by atoms with E-state index >= 15 is 0 Å². The first-order valence-electron chi connectivity index (χ1n) is 9.86. The lowest BCUT2D eigenvalue weighted by Crippen LogP contribution is -2.33. The standard InChI is InChI=1S/C21H25F3N2O2/c1-14-19(13-26(11-15-4-5-15)12-18-3-2-10-27-18)25-20(28-14)16-6-8-17(9-7-16)21(22,23)24/h6-9,15,18H,2-5,10-13H2,1H3. The third kappa shape index (κ3) is 4.75. The van der Waals surface area contributed by atoms with Gasteiger partial charge in [0.25, 0.3) is 0 Å². The second-order valence-electron chi connectivity index (χ2n) is 7.87. The van der Waals surface area contributed by atoms with Crippen molar-refractivity contribution in [3.05, 3.63) is 41.3 Å². The highest BCUT2D eigenvalue weighted by Gasteiger charge is 2.30. The molecule has 0 bridgehead atoms. The summed E-state index contributed by atoms with van der Waals surface area (Å²) < 4.78 is 49.8. The predicted molar refractivity (Wildman–Crippen MR) is 98.7 cm³/mol. The van der Waals surface area contributed by atoms with Crippen molar-refractivity contribution >= 4 is 0 Å². The molecule has 4 nitrogen and oxygen atoms in total. The Morgan fingerprint density at radius 1 is 1.11 bits per heavy atom. The van der Waals surface area contributed by atoms with Crippen LogP contribution in [-0.2, 0) is 17.5 Å². The van der Waals surface area contributed by atoms with Crippen LogP contribution in [0.5, 0.6) is 0 Å². The molecule has 2 aliphatic rings. The molecule has 0 spiro atoms. The van der Waals surface area contributed by atoms with Gasteiger partial charge in [0.05, 0.1) is 17.4 Å². The Hall–Kier alpha value is -1.86. The molecule has 2 heterocycles. The zero-order valence-electron chi connectivity index (χ0n) is 16.0. The lowest BCUT2D eigenvalue weighted by Gasteiger charge is -2.24. The highest BCUT2D eigenvalue weighted by molar-refractivity contribution is 5.54. The smallest absolute Gasteiger partial charge is 0.416 e. The van der Waals surface area contributed by atoms with Crippen LogP contribution < -0.4 is 0 Å². The van der Waals surface area contributed by atoms with Gasteiger partial charge < -0.3 is 9.15 Å². The second-order valence-corrected chi connectivity index (χ2v) is 7.87. The van der Waals surface area contributed by atoms with Crippen LogP contribution in [0.2, 0.25) is 0 Å². The molecule has 1 aromatic heterocycles. The zero-order valence-corrected chi connectivity index (χ0v) is 16.0. The van der Waals surface area contributed by atoms with Crippen LogP contribution >= 0.6 is 0 Å². The number of aryl methyl sites for hydroxylation is 1. The van der Waals surface area contributed by atoms with E-state index in [1.165, 1.54) is 25.0 Å². The van der Waals surface area contributed by atoms with Crippen molar-refractivity contribution in [2.45, 2.75) is 51.4 Å². The molecule has 1 aliphatic carbocycles. The summed E-state index contributed by atoms with van der Waals surface area (Å²) in [6, 6.07) is 4.94. The molecular weight excluding hydrogens is 369 g/mol. The van der Waals surface area contributed by atoms with E-state index in [1.807, 2.05) is 6.92 Å². The molecule has 1 aromatic carbocycles. The molecular formula is C21H25F3N2O2. The lowest BCUT2D eigenvalue weighted by atomic mass is 10.1. The minimum absolute atomic E-state index is 0.278. The van der Waals surface area contributed by atoms with E-state index in [2.05, 4.69) is 9.88 Å². The van der Waals surface area contributed by atoms with E-state index in [9.17, 15) is 13.2 Å². The lowest BCUT2D eigenvalue weighted by molar-refractivity contribution is -0.137. The summed E-state index contributed by atoms with van der Waals surface area (Å²) in [4.78, 5) is 6.97. The molecule has 1 saturated carbocycles. The molecule has 2 fully saturated rings. The summed E-state index contributed by atoms with van der Waals surface area (Å²) in [6.07, 6.45) is 0.689. The van der Waals surface area contributed by atoms with Gasteiger partial charge in [-0.25, -0.2) is 4.98 Å². The Balaban J connectivity index is 1.47. The van der Waals surface area contributed by atoms with Gasteiger partial charge in [-0.1, -0.05) is 0 Å². The van der Waals surface area contributed by atoms with Gasteiger partial charge in [0.1, 0.15) is 5.76 Å². The number of ether oxygens (including phenoxy) is 1. The Morgan fingerprint density at radius 3 is 2.46 bits per heavy atom. The molecule has 1 unspecified atom stereocenters. The summed E-state index contributed by atoms with van der Waals surface area (Å²) in [5, 5.41) is 0. The van der Waals surface area contributed by atoms with Gasteiger partial charge in [-0.3, -0.25) is 4.90 Å². The molecule has 0 radical (unpaired) electrons. The maximum absolute atomic E-state index is 12.8. The predicted octanol–water partition coefficient (Wildman–Crippen LogP) is 5.06. The first kappa shape index (κ1) is 19.5. The number of aromatic nitrogens is 1. The Morgan fingerprint density at radius 2 is 1.86 bits per heavy atom. The molecule has 4 rings (SSSR count). The molecule has 0 amide bonds. The molecule has 1 atom stereocenters. The highest BCUT2D eigenvalue weighted by atomic mass is 19.4. The zero-order chi connectivity index (χ0) is 19.7. The van der Waals surface area contributed by atoms with Crippen LogP contribution in [0.4, 0.5) is 13.2 Å². The van der Waals surface area contributed by atoms with Gasteiger partial charge in [0, 0.05) is 31.8 Å². The van der Waals surface area contributed by atoms with Crippen LogP contribution in [0.15, 0.2) is 28.7 Å². The van der Waals surface area contributed by atoms with Gasteiger partial charge >= 0.3 is 6.18 Å². The number of rotatable bonds is 7. The summed E-state index contributed by atoms with van der Waals surface area (Å²) in [5.74, 6) is 1.83. The van der Waals surface area contributed by atoms with Crippen molar-refractivity contribution in [1.29, 1.82) is 0 Å². The summed E-state index contributed by atoms with van der Waals surface area (Å²) >= 11 is 0. The third-order valence-corrected chi connectivity index (χ3v) is 5.42. The first-order valence-corrected chi connectivity index (χ1v) is 9.86. The number of benzene rings is 1. The van der Waals surface area contributed by atoms with Crippen molar-refractivity contribution in [3.8, 4) is 11.5 Å². The molecule has 1 aliphatic heterocycles.